The van der Waals surface area contributed by atoms with Crippen LogP contribution in [0.15, 0.2) is 12.2 Å². The van der Waals surface area contributed by atoms with E-state index in [0.29, 0.717) is 12.1 Å². The molecule has 2 heterocycles. The third-order valence-corrected chi connectivity index (χ3v) is 3.26. The first kappa shape index (κ1) is 7.32. The van der Waals surface area contributed by atoms with Crippen LogP contribution in [0.2, 0.25) is 0 Å². The molecule has 2 bridgehead atoms. The normalized spacial score (nSPS) is 43.8. The van der Waals surface area contributed by atoms with E-state index < -0.39 is 0 Å². The number of hydrogen-bond donors (Lipinski definition) is 1. The molecule has 0 radical (unpaired) electrons. The average molecular weight is 152 g/mol. The highest BCUT2D eigenvalue weighted by atomic mass is 15.2. The minimum absolute atomic E-state index is 0.672. The fraction of sp³-hybridized carbons (Fsp3) is 0.778. The van der Waals surface area contributed by atoms with Gasteiger partial charge < -0.3 is 5.32 Å². The minimum atomic E-state index is 0.672. The Morgan fingerprint density at radius 2 is 2.00 bits per heavy atom. The zero-order valence-electron chi connectivity index (χ0n) is 7.30. The van der Waals surface area contributed by atoms with Gasteiger partial charge in [-0.05, 0) is 32.5 Å². The third-order valence-electron chi connectivity index (χ3n) is 3.26. The van der Waals surface area contributed by atoms with Gasteiger partial charge in [-0.2, -0.15) is 0 Å². The van der Waals surface area contributed by atoms with Gasteiger partial charge in [-0.25, -0.2) is 0 Å². The average Bonchev–Trinajstić information content (AvgIpc) is 2.07. The van der Waals surface area contributed by atoms with Crippen LogP contribution in [-0.2, 0) is 0 Å². The molecular formula is C9H16N2. The first-order valence-electron chi connectivity index (χ1n) is 4.32. The molecule has 0 aromatic heterocycles. The molecule has 2 nitrogen and oxygen atoms in total. The summed E-state index contributed by atoms with van der Waals surface area (Å²) in [5, 5.41) is 3.34. The summed E-state index contributed by atoms with van der Waals surface area (Å²) in [6.45, 7) is 4.09. The molecule has 3 rings (SSSR count). The number of nitrogens with zero attached hydrogens (tertiary/aromatic N) is 1. The van der Waals surface area contributed by atoms with Crippen molar-refractivity contribution in [3.63, 3.8) is 0 Å². The van der Waals surface area contributed by atoms with E-state index >= 15 is 0 Å². The van der Waals surface area contributed by atoms with Gasteiger partial charge in [0.2, 0.25) is 0 Å². The highest BCUT2D eigenvalue weighted by Gasteiger charge is 2.45. The third kappa shape index (κ3) is 0.861. The quantitative estimate of drug-likeness (QED) is 0.554. The lowest BCUT2D eigenvalue weighted by Gasteiger charge is -2.55. The van der Waals surface area contributed by atoms with Gasteiger partial charge in [-0.1, -0.05) is 6.58 Å². The van der Waals surface area contributed by atoms with Crippen LogP contribution in [0, 0.1) is 0 Å². The van der Waals surface area contributed by atoms with E-state index in [4.69, 9.17) is 0 Å². The van der Waals surface area contributed by atoms with Crippen molar-refractivity contribution in [2.24, 2.45) is 0 Å². The monoisotopic (exact) mass is 152 g/mol. The molecule has 2 aliphatic heterocycles. The molecule has 1 aliphatic carbocycles. The van der Waals surface area contributed by atoms with Crippen LogP contribution in [0.1, 0.15) is 12.8 Å². The lowest BCUT2D eigenvalue weighted by atomic mass is 9.74. The maximum absolute atomic E-state index is 4.09. The maximum atomic E-state index is 4.09. The van der Waals surface area contributed by atoms with Gasteiger partial charge in [-0.15, -0.1) is 0 Å². The van der Waals surface area contributed by atoms with Crippen LogP contribution in [0.5, 0.6) is 0 Å². The van der Waals surface area contributed by atoms with Crippen molar-refractivity contribution in [3.05, 3.63) is 12.2 Å². The molecule has 2 saturated heterocycles. The first-order valence-corrected chi connectivity index (χ1v) is 4.32. The SMILES string of the molecule is C=C1C2CC(NC)CC1N2C. The Morgan fingerprint density at radius 1 is 1.45 bits per heavy atom. The Hall–Kier alpha value is -0.340. The molecule has 11 heavy (non-hydrogen) atoms. The van der Waals surface area contributed by atoms with Gasteiger partial charge in [-0.3, -0.25) is 4.90 Å². The van der Waals surface area contributed by atoms with Gasteiger partial charge >= 0.3 is 0 Å². The molecule has 3 fully saturated rings. The molecule has 1 saturated carbocycles. The van der Waals surface area contributed by atoms with E-state index in [1.807, 2.05) is 0 Å². The topological polar surface area (TPSA) is 15.3 Å². The van der Waals surface area contributed by atoms with Crippen molar-refractivity contribution in [1.29, 1.82) is 0 Å². The van der Waals surface area contributed by atoms with E-state index in [1.54, 1.807) is 0 Å². The molecular weight excluding hydrogens is 136 g/mol. The molecule has 0 aromatic carbocycles. The Bertz CT molecular complexity index is 172. The maximum Gasteiger partial charge on any atom is 0.0338 e. The minimum Gasteiger partial charge on any atom is -0.317 e. The van der Waals surface area contributed by atoms with E-state index in [1.165, 1.54) is 18.4 Å². The van der Waals surface area contributed by atoms with Crippen molar-refractivity contribution in [2.75, 3.05) is 14.1 Å². The van der Waals surface area contributed by atoms with Gasteiger partial charge in [0.05, 0.1) is 0 Å². The molecule has 2 unspecified atom stereocenters. The number of rotatable bonds is 1. The standard InChI is InChI=1S/C9H16N2/c1-6-8-4-7(10-2)5-9(6)11(8)3/h7-10H,1,4-5H2,2-3H3. The summed E-state index contributed by atoms with van der Waals surface area (Å²) in [6, 6.07) is 2.07. The van der Waals surface area contributed by atoms with E-state index in [9.17, 15) is 0 Å². The van der Waals surface area contributed by atoms with E-state index in [-0.39, 0.29) is 0 Å². The fourth-order valence-corrected chi connectivity index (χ4v) is 2.39. The second-order valence-corrected chi connectivity index (χ2v) is 3.73. The van der Waals surface area contributed by atoms with Crippen LogP contribution in [0.3, 0.4) is 0 Å². The fourth-order valence-electron chi connectivity index (χ4n) is 2.39. The Balaban J connectivity index is 2.05. The van der Waals surface area contributed by atoms with Crippen LogP contribution in [0.4, 0.5) is 0 Å². The number of nitrogens with one attached hydrogen (secondary N) is 1. The largest absolute Gasteiger partial charge is 0.317 e. The molecule has 2 heteroatoms. The number of piperidine rings is 1. The summed E-state index contributed by atoms with van der Waals surface area (Å²) in [6.07, 6.45) is 2.50. The lowest BCUT2D eigenvalue weighted by Crippen LogP contribution is -2.63. The van der Waals surface area contributed by atoms with E-state index in [0.717, 1.165) is 6.04 Å². The summed E-state index contributed by atoms with van der Waals surface area (Å²) in [4.78, 5) is 2.44. The molecule has 3 aliphatic rings. The highest BCUT2D eigenvalue weighted by Crippen LogP contribution is 2.40. The Kier molecular flexibility index (Phi) is 1.55. The van der Waals surface area contributed by atoms with Crippen molar-refractivity contribution >= 4 is 0 Å². The molecule has 0 aromatic rings. The smallest absolute Gasteiger partial charge is 0.0338 e. The number of hydrogen-bond acceptors (Lipinski definition) is 2. The zero-order valence-corrected chi connectivity index (χ0v) is 7.30. The van der Waals surface area contributed by atoms with E-state index in [2.05, 4.69) is 30.9 Å². The van der Waals surface area contributed by atoms with Crippen LogP contribution in [0.25, 0.3) is 0 Å². The Labute approximate surface area is 68.3 Å². The van der Waals surface area contributed by atoms with Gasteiger partial charge in [0.25, 0.3) is 0 Å². The molecule has 1 N–H and O–H groups in total. The predicted octanol–water partition coefficient (Wildman–Crippen LogP) is 0.607. The molecule has 0 spiro atoms. The molecule has 62 valence electrons. The second kappa shape index (κ2) is 2.32. The summed E-state index contributed by atoms with van der Waals surface area (Å²) in [5.41, 5.74) is 1.46. The van der Waals surface area contributed by atoms with Crippen molar-refractivity contribution in [1.82, 2.24) is 10.2 Å². The summed E-state index contributed by atoms with van der Waals surface area (Å²) >= 11 is 0. The first-order chi connectivity index (χ1) is 5.24. The predicted molar refractivity (Wildman–Crippen MR) is 46.6 cm³/mol. The molecule has 2 atom stereocenters. The number of fused-ring (bicyclic) bond motifs is 2. The second-order valence-electron chi connectivity index (χ2n) is 3.73. The number of likely N-dealkylation sites (N-methyl/N-ethyl adjacent to an activating group) is 1. The van der Waals surface area contributed by atoms with Crippen molar-refractivity contribution in [2.45, 2.75) is 31.0 Å². The summed E-state index contributed by atoms with van der Waals surface area (Å²) in [5.74, 6) is 0. The summed E-state index contributed by atoms with van der Waals surface area (Å²) in [7, 11) is 4.26. The van der Waals surface area contributed by atoms with Crippen LogP contribution in [-0.4, -0.2) is 37.1 Å². The van der Waals surface area contributed by atoms with Crippen molar-refractivity contribution < 1.29 is 0 Å². The van der Waals surface area contributed by atoms with Crippen LogP contribution >= 0.6 is 0 Å². The highest BCUT2D eigenvalue weighted by molar-refractivity contribution is 5.28. The lowest BCUT2D eigenvalue weighted by molar-refractivity contribution is 0.0529. The van der Waals surface area contributed by atoms with Gasteiger partial charge in [0.1, 0.15) is 0 Å². The summed E-state index contributed by atoms with van der Waals surface area (Å²) < 4.78 is 0. The molecule has 0 amide bonds. The Morgan fingerprint density at radius 3 is 2.36 bits per heavy atom. The van der Waals surface area contributed by atoms with Gasteiger partial charge in [0.15, 0.2) is 0 Å². The van der Waals surface area contributed by atoms with Crippen LogP contribution < -0.4 is 5.32 Å². The zero-order chi connectivity index (χ0) is 8.01. The van der Waals surface area contributed by atoms with Crippen molar-refractivity contribution in [3.8, 4) is 0 Å². The van der Waals surface area contributed by atoms with Gasteiger partial charge in [0, 0.05) is 18.1 Å².